The van der Waals surface area contributed by atoms with Crippen molar-refractivity contribution in [3.63, 3.8) is 0 Å². The zero-order chi connectivity index (χ0) is 8.55. The summed E-state index contributed by atoms with van der Waals surface area (Å²) in [4.78, 5) is 7.91. The van der Waals surface area contributed by atoms with Crippen molar-refractivity contribution in [3.8, 4) is 5.75 Å². The van der Waals surface area contributed by atoms with Crippen molar-refractivity contribution in [2.45, 2.75) is 6.92 Å². The zero-order valence-corrected chi connectivity index (χ0v) is 6.65. The van der Waals surface area contributed by atoms with Crippen LogP contribution < -0.4 is 0 Å². The molecule has 0 radical (unpaired) electrons. The summed E-state index contributed by atoms with van der Waals surface area (Å²) >= 11 is 0. The lowest BCUT2D eigenvalue weighted by atomic mass is 10.1. The average Bonchev–Trinajstić information content (AvgIpc) is 2.12. The zero-order valence-electron chi connectivity index (χ0n) is 6.65. The molecule has 2 aromatic rings. The predicted octanol–water partition coefficient (Wildman–Crippen LogP) is 1.64. The van der Waals surface area contributed by atoms with Crippen molar-refractivity contribution in [2.24, 2.45) is 0 Å². The van der Waals surface area contributed by atoms with Crippen molar-refractivity contribution in [3.05, 3.63) is 30.2 Å². The highest BCUT2D eigenvalue weighted by Gasteiger charge is 2.01. The summed E-state index contributed by atoms with van der Waals surface area (Å²) in [5, 5.41) is 10.1. The van der Waals surface area contributed by atoms with Gasteiger partial charge >= 0.3 is 0 Å². The Morgan fingerprint density at radius 3 is 2.92 bits per heavy atom. The maximum absolute atomic E-state index is 9.42. The van der Waals surface area contributed by atoms with Gasteiger partial charge in [0.2, 0.25) is 0 Å². The fourth-order valence-electron chi connectivity index (χ4n) is 1.20. The molecule has 0 aliphatic carbocycles. The molecule has 0 aliphatic heterocycles. The maximum Gasteiger partial charge on any atom is 0.126 e. The molecule has 60 valence electrons. The smallest absolute Gasteiger partial charge is 0.126 e. The second-order valence-electron chi connectivity index (χ2n) is 2.69. The molecule has 0 spiro atoms. The van der Waals surface area contributed by atoms with Crippen molar-refractivity contribution in [1.82, 2.24) is 9.97 Å². The highest BCUT2D eigenvalue weighted by atomic mass is 16.3. The van der Waals surface area contributed by atoms with Gasteiger partial charge in [0.05, 0.1) is 10.9 Å². The van der Waals surface area contributed by atoms with Gasteiger partial charge in [-0.05, 0) is 18.6 Å². The Labute approximate surface area is 69.7 Å². The van der Waals surface area contributed by atoms with E-state index in [-0.39, 0.29) is 5.75 Å². The average molecular weight is 160 g/mol. The van der Waals surface area contributed by atoms with Crippen LogP contribution in [-0.4, -0.2) is 15.1 Å². The third-order valence-electron chi connectivity index (χ3n) is 1.85. The first-order chi connectivity index (χ1) is 5.79. The number of hydrogen-bond donors (Lipinski definition) is 1. The van der Waals surface area contributed by atoms with Gasteiger partial charge in [0.15, 0.2) is 0 Å². The van der Waals surface area contributed by atoms with E-state index in [4.69, 9.17) is 0 Å². The number of rotatable bonds is 0. The highest BCUT2D eigenvalue weighted by Crippen LogP contribution is 2.23. The molecular formula is C9H8N2O. The van der Waals surface area contributed by atoms with E-state index in [2.05, 4.69) is 9.97 Å². The first-order valence-electron chi connectivity index (χ1n) is 3.67. The molecule has 0 aliphatic rings. The normalized spacial score (nSPS) is 10.4. The Morgan fingerprint density at radius 2 is 2.17 bits per heavy atom. The number of aromatic hydroxyl groups is 1. The van der Waals surface area contributed by atoms with Gasteiger partial charge in [0.1, 0.15) is 12.1 Å². The molecule has 0 saturated heterocycles. The second kappa shape index (κ2) is 2.44. The summed E-state index contributed by atoms with van der Waals surface area (Å²) < 4.78 is 0. The van der Waals surface area contributed by atoms with Crippen molar-refractivity contribution in [2.75, 3.05) is 0 Å². The minimum atomic E-state index is 0.233. The molecule has 0 saturated carbocycles. The topological polar surface area (TPSA) is 46.0 Å². The molecular weight excluding hydrogens is 152 g/mol. The summed E-state index contributed by atoms with van der Waals surface area (Å²) in [6.07, 6.45) is 3.10. The summed E-state index contributed by atoms with van der Waals surface area (Å²) in [6, 6.07) is 3.49. The van der Waals surface area contributed by atoms with Gasteiger partial charge in [-0.3, -0.25) is 0 Å². The predicted molar refractivity (Wildman–Crippen MR) is 45.9 cm³/mol. The molecule has 3 nitrogen and oxygen atoms in total. The van der Waals surface area contributed by atoms with Crippen molar-refractivity contribution < 1.29 is 5.11 Å². The number of hydrogen-bond acceptors (Lipinski definition) is 3. The molecule has 3 heteroatoms. The molecule has 0 atom stereocenters. The Morgan fingerprint density at radius 1 is 1.33 bits per heavy atom. The van der Waals surface area contributed by atoms with Gasteiger partial charge in [-0.1, -0.05) is 6.07 Å². The summed E-state index contributed by atoms with van der Waals surface area (Å²) in [6.45, 7) is 1.95. The van der Waals surface area contributed by atoms with E-state index in [1.807, 2.05) is 13.0 Å². The molecule has 0 amide bonds. The fourth-order valence-corrected chi connectivity index (χ4v) is 1.20. The van der Waals surface area contributed by atoms with Crippen LogP contribution >= 0.6 is 0 Å². The number of fused-ring (bicyclic) bond motifs is 1. The van der Waals surface area contributed by atoms with Gasteiger partial charge in [-0.15, -0.1) is 0 Å². The highest BCUT2D eigenvalue weighted by molar-refractivity contribution is 5.86. The van der Waals surface area contributed by atoms with Crippen LogP contribution in [0.15, 0.2) is 24.7 Å². The van der Waals surface area contributed by atoms with E-state index < -0.39 is 0 Å². The molecule has 0 unspecified atom stereocenters. The largest absolute Gasteiger partial charge is 0.507 e. The number of phenolic OH excluding ortho intramolecular Hbond substituents is 1. The van der Waals surface area contributed by atoms with E-state index in [1.165, 1.54) is 6.33 Å². The van der Waals surface area contributed by atoms with Gasteiger partial charge in [-0.25, -0.2) is 9.97 Å². The Balaban J connectivity index is 2.95. The summed E-state index contributed by atoms with van der Waals surface area (Å²) in [5.41, 5.74) is 1.86. The monoisotopic (exact) mass is 160 g/mol. The van der Waals surface area contributed by atoms with Crippen molar-refractivity contribution in [1.29, 1.82) is 0 Å². The lowest BCUT2D eigenvalue weighted by molar-refractivity contribution is 0.481. The van der Waals surface area contributed by atoms with Gasteiger partial charge in [-0.2, -0.15) is 0 Å². The summed E-state index contributed by atoms with van der Waals surface area (Å²) in [7, 11) is 0. The van der Waals surface area contributed by atoms with E-state index in [9.17, 15) is 5.11 Å². The van der Waals surface area contributed by atoms with E-state index >= 15 is 0 Å². The van der Waals surface area contributed by atoms with Crippen LogP contribution in [0.3, 0.4) is 0 Å². The SMILES string of the molecule is Cc1ccc(O)c2cncnc12. The molecule has 2 rings (SSSR count). The molecule has 1 heterocycles. The second-order valence-corrected chi connectivity index (χ2v) is 2.69. The van der Waals surface area contributed by atoms with Crippen LogP contribution in [0.4, 0.5) is 0 Å². The Hall–Kier alpha value is -1.64. The molecule has 1 aromatic carbocycles. The van der Waals surface area contributed by atoms with E-state index in [0.29, 0.717) is 5.39 Å². The number of aromatic nitrogens is 2. The molecule has 12 heavy (non-hydrogen) atoms. The molecule has 1 aromatic heterocycles. The number of benzene rings is 1. The third kappa shape index (κ3) is 0.906. The van der Waals surface area contributed by atoms with Crippen LogP contribution in [0.25, 0.3) is 10.9 Å². The van der Waals surface area contributed by atoms with E-state index in [0.717, 1.165) is 11.1 Å². The quantitative estimate of drug-likeness (QED) is 0.637. The third-order valence-corrected chi connectivity index (χ3v) is 1.85. The number of aryl methyl sites for hydroxylation is 1. The fraction of sp³-hybridized carbons (Fsp3) is 0.111. The van der Waals surface area contributed by atoms with Gasteiger partial charge < -0.3 is 5.11 Å². The molecule has 0 bridgehead atoms. The minimum Gasteiger partial charge on any atom is -0.507 e. The minimum absolute atomic E-state index is 0.233. The van der Waals surface area contributed by atoms with E-state index in [1.54, 1.807) is 12.3 Å². The lowest BCUT2D eigenvalue weighted by Gasteiger charge is -2.00. The number of nitrogens with zero attached hydrogens (tertiary/aromatic N) is 2. The standard InChI is InChI=1S/C9H8N2O/c1-6-2-3-8(12)7-4-10-5-11-9(6)7/h2-5,12H,1H3. The van der Waals surface area contributed by atoms with Crippen LogP contribution in [0.1, 0.15) is 5.56 Å². The summed E-state index contributed by atoms with van der Waals surface area (Å²) in [5.74, 6) is 0.233. The van der Waals surface area contributed by atoms with Crippen molar-refractivity contribution >= 4 is 10.9 Å². The first-order valence-corrected chi connectivity index (χ1v) is 3.67. The Bertz CT molecular complexity index is 385. The first kappa shape index (κ1) is 7.03. The maximum atomic E-state index is 9.42. The lowest BCUT2D eigenvalue weighted by Crippen LogP contribution is -1.84. The van der Waals surface area contributed by atoms with Gasteiger partial charge in [0.25, 0.3) is 0 Å². The number of phenols is 1. The molecule has 0 fully saturated rings. The van der Waals surface area contributed by atoms with Crippen LogP contribution in [0.2, 0.25) is 0 Å². The van der Waals surface area contributed by atoms with Crippen LogP contribution in [-0.2, 0) is 0 Å². The van der Waals surface area contributed by atoms with Gasteiger partial charge in [0, 0.05) is 6.20 Å². The molecule has 1 N–H and O–H groups in total. The van der Waals surface area contributed by atoms with Crippen LogP contribution in [0, 0.1) is 6.92 Å². The van der Waals surface area contributed by atoms with Crippen LogP contribution in [0.5, 0.6) is 5.75 Å². The Kier molecular flexibility index (Phi) is 1.43.